The van der Waals surface area contributed by atoms with E-state index in [2.05, 4.69) is 24.8 Å². The first-order chi connectivity index (χ1) is 35.4. The number of likely N-dealkylation sites (N-methyl/N-ethyl adjacent to an activating group) is 2. The minimum Gasteiger partial charge on any atom is -0.381 e. The molecule has 2 aromatic carbocycles. The predicted octanol–water partition coefficient (Wildman–Crippen LogP) is 6.16. The van der Waals surface area contributed by atoms with Crippen molar-refractivity contribution in [2.45, 2.75) is 115 Å². The van der Waals surface area contributed by atoms with Crippen LogP contribution in [-0.2, 0) is 62.9 Å². The molecule has 4 amide bonds. The zero-order valence-electron chi connectivity index (χ0n) is 41.7. The van der Waals surface area contributed by atoms with Crippen molar-refractivity contribution in [2.24, 2.45) is 0 Å². The van der Waals surface area contributed by atoms with Gasteiger partial charge in [0.2, 0.25) is 17.7 Å². The van der Waals surface area contributed by atoms with Crippen molar-refractivity contribution in [3.63, 3.8) is 0 Å². The lowest BCUT2D eigenvalue weighted by atomic mass is 9.91. The van der Waals surface area contributed by atoms with Crippen LogP contribution in [0.3, 0.4) is 0 Å². The van der Waals surface area contributed by atoms with Crippen molar-refractivity contribution in [2.75, 3.05) is 58.4 Å². The van der Waals surface area contributed by atoms with Crippen LogP contribution in [0, 0.1) is 0 Å². The highest BCUT2D eigenvalue weighted by atomic mass is 19.3. The zero-order valence-corrected chi connectivity index (χ0v) is 41.7. The third-order valence-corrected chi connectivity index (χ3v) is 15.9. The van der Waals surface area contributed by atoms with E-state index in [1.165, 1.54) is 19.0 Å². The first-order valence-corrected chi connectivity index (χ1v) is 25.5. The maximum Gasteiger partial charge on any atom is 0.264 e. The Bertz CT molecular complexity index is 2980. The lowest BCUT2D eigenvalue weighted by Crippen LogP contribution is -2.47. The third-order valence-electron chi connectivity index (χ3n) is 15.9. The number of amides is 4. The van der Waals surface area contributed by atoms with E-state index in [1.807, 2.05) is 32.7 Å². The zero-order chi connectivity index (χ0) is 51.1. The van der Waals surface area contributed by atoms with Gasteiger partial charge in [0.05, 0.1) is 23.7 Å². The number of halogens is 2. The van der Waals surface area contributed by atoms with Gasteiger partial charge in [0.1, 0.15) is 18.9 Å². The fraction of sp³-hybridized carbons (Fsp3) is 0.481. The van der Waals surface area contributed by atoms with Crippen LogP contribution in [0.5, 0.6) is 0 Å². The first-order valence-electron chi connectivity index (χ1n) is 25.5. The number of ether oxygens (including phenoxy) is 1. The lowest BCUT2D eigenvalue weighted by Gasteiger charge is -2.36. The van der Waals surface area contributed by atoms with Crippen molar-refractivity contribution in [3.8, 4) is 11.1 Å². The normalized spacial score (nSPS) is 17.9. The number of rotatable bonds is 14. The van der Waals surface area contributed by atoms with E-state index in [0.717, 1.165) is 53.0 Å². The average molecular weight is 1000 g/mol. The van der Waals surface area contributed by atoms with E-state index < -0.39 is 24.3 Å². The van der Waals surface area contributed by atoms with Crippen LogP contribution in [-0.4, -0.2) is 141 Å². The summed E-state index contributed by atoms with van der Waals surface area (Å²) in [5, 5.41) is 8.47. The summed E-state index contributed by atoms with van der Waals surface area (Å²) >= 11 is 0. The van der Waals surface area contributed by atoms with E-state index >= 15 is 8.78 Å². The number of pyridine rings is 1. The van der Waals surface area contributed by atoms with Gasteiger partial charge in [-0.2, -0.15) is 5.10 Å². The molecule has 17 nitrogen and oxygen atoms in total. The van der Waals surface area contributed by atoms with Gasteiger partial charge in [-0.15, -0.1) is 0 Å². The fourth-order valence-electron chi connectivity index (χ4n) is 11.9. The SMILES string of the molecule is CNC(=O)C(CCC=O)N(C)C(=O)c1cc2c(cc1C=O)CN(C1CCN(C(=O)Cn3cc(-c4cc5c(cc4C(F)F)N(c4nn(C6CCOCC6)c6c4CN(C(C)=O)CC6)CCC5)c4cnccc43)CC1)C2. The second-order valence-corrected chi connectivity index (χ2v) is 20.0. The molecule has 0 spiro atoms. The highest BCUT2D eigenvalue weighted by Crippen LogP contribution is 2.45. The molecule has 8 heterocycles. The highest BCUT2D eigenvalue weighted by Gasteiger charge is 2.37. The van der Waals surface area contributed by atoms with E-state index in [1.54, 1.807) is 37.5 Å². The van der Waals surface area contributed by atoms with Crippen molar-refractivity contribution in [3.05, 3.63) is 93.6 Å². The van der Waals surface area contributed by atoms with Crippen molar-refractivity contribution in [1.82, 2.24) is 44.2 Å². The number of hydrogen-bond donors (Lipinski definition) is 1. The molecular weight excluding hydrogens is 939 g/mol. The summed E-state index contributed by atoms with van der Waals surface area (Å²) in [6.07, 6.45) is 9.14. The predicted molar refractivity (Wildman–Crippen MR) is 267 cm³/mol. The molecule has 1 N–H and O–H groups in total. The Labute approximate surface area is 422 Å². The quantitative estimate of drug-likeness (QED) is 0.126. The van der Waals surface area contributed by atoms with Crippen molar-refractivity contribution in [1.29, 1.82) is 0 Å². The summed E-state index contributed by atoms with van der Waals surface area (Å²) < 4.78 is 40.7. The number of carbonyl (C=O) groups is 6. The Morgan fingerprint density at radius 1 is 0.904 bits per heavy atom. The Morgan fingerprint density at radius 2 is 1.67 bits per heavy atom. The Kier molecular flexibility index (Phi) is 14.3. The molecule has 0 saturated carbocycles. The summed E-state index contributed by atoms with van der Waals surface area (Å²) in [5.74, 6) is -0.259. The summed E-state index contributed by atoms with van der Waals surface area (Å²) in [6, 6.07) is 8.23. The molecule has 0 bridgehead atoms. The van der Waals surface area contributed by atoms with Gasteiger partial charge in [-0.05, 0) is 97.5 Å². The second kappa shape index (κ2) is 20.9. The number of alkyl halides is 2. The fourth-order valence-corrected chi connectivity index (χ4v) is 11.9. The number of nitrogens with zero attached hydrogens (tertiary/aromatic N) is 9. The van der Waals surface area contributed by atoms with Crippen LogP contribution in [0.1, 0.15) is 119 Å². The molecular formula is C54H62F2N10O7. The van der Waals surface area contributed by atoms with Crippen LogP contribution >= 0.6 is 0 Å². The number of aldehydes is 2. The number of fused-ring (bicyclic) bond motifs is 4. The van der Waals surface area contributed by atoms with Crippen LogP contribution in [0.15, 0.2) is 48.9 Å². The number of nitrogens with one attached hydrogen (secondary N) is 1. The van der Waals surface area contributed by atoms with Gasteiger partial charge < -0.3 is 39.0 Å². The van der Waals surface area contributed by atoms with Gasteiger partial charge >= 0.3 is 0 Å². The maximum absolute atomic E-state index is 15.5. The summed E-state index contributed by atoms with van der Waals surface area (Å²) in [5.41, 5.74) is 7.55. The third kappa shape index (κ3) is 9.52. The van der Waals surface area contributed by atoms with Crippen molar-refractivity contribution >= 4 is 58.6 Å². The number of carbonyl (C=O) groups excluding carboxylic acids is 6. The van der Waals surface area contributed by atoms with E-state index in [-0.39, 0.29) is 60.0 Å². The Balaban J connectivity index is 0.855. The maximum atomic E-state index is 15.5. The van der Waals surface area contributed by atoms with Crippen molar-refractivity contribution < 1.29 is 42.3 Å². The minimum atomic E-state index is -2.81. The molecule has 5 aliphatic heterocycles. The Morgan fingerprint density at radius 3 is 2.38 bits per heavy atom. The van der Waals surface area contributed by atoms with Crippen LogP contribution in [0.2, 0.25) is 0 Å². The topological polar surface area (TPSA) is 176 Å². The molecule has 5 aromatic rings. The van der Waals surface area contributed by atoms with Crippen LogP contribution in [0.4, 0.5) is 20.3 Å². The van der Waals surface area contributed by atoms with E-state index in [9.17, 15) is 28.8 Å². The Hall–Kier alpha value is -6.86. The summed E-state index contributed by atoms with van der Waals surface area (Å²) in [6.45, 7) is 6.65. The van der Waals surface area contributed by atoms with Crippen LogP contribution in [0.25, 0.3) is 22.0 Å². The number of aromatic nitrogens is 4. The number of anilines is 2. The molecule has 0 aliphatic carbocycles. The number of aryl methyl sites for hydroxylation is 1. The molecule has 1 unspecified atom stereocenters. The molecule has 1 atom stereocenters. The molecule has 3 aromatic heterocycles. The molecule has 73 heavy (non-hydrogen) atoms. The molecule has 0 radical (unpaired) electrons. The van der Waals surface area contributed by atoms with Gasteiger partial charge in [0.25, 0.3) is 12.3 Å². The van der Waals surface area contributed by atoms with Gasteiger partial charge in [0.15, 0.2) is 12.1 Å². The molecule has 19 heteroatoms. The number of piperidine rings is 1. The van der Waals surface area contributed by atoms with Crippen LogP contribution < -0.4 is 10.2 Å². The lowest BCUT2D eigenvalue weighted by molar-refractivity contribution is -0.133. The number of benzene rings is 2. The first kappa shape index (κ1) is 49.7. The molecule has 5 aliphatic rings. The van der Waals surface area contributed by atoms with Gasteiger partial charge in [-0.1, -0.05) is 0 Å². The molecule has 10 rings (SSSR count). The standard InChI is InChI=1S/C54H62F2N10O7/c1-33(69)62-18-11-47-45(30-62)52(59-66(47)39-12-20-73-21-13-39)65-15-4-6-34-23-41(42(51(55)56)25-49(34)65)44-29-64(46-8-14-58-26-43(44)46)31-50(70)61-16-9-38(10-17-61)63-27-35-22-37(32-68)40(24-36(35)28-63)54(72)60(3)48(7-5-19-67)53(71)57-2/h8,14,19,22-26,29,32,38-39,48,51H,4-7,9-13,15-18,20-21,27-28,30-31H2,1-3H3,(H,57,71). The summed E-state index contributed by atoms with van der Waals surface area (Å²) in [4.78, 5) is 90.4. The second-order valence-electron chi connectivity index (χ2n) is 20.0. The summed E-state index contributed by atoms with van der Waals surface area (Å²) in [7, 11) is 2.97. The highest BCUT2D eigenvalue weighted by molar-refractivity contribution is 6.03. The van der Waals surface area contributed by atoms with E-state index in [4.69, 9.17) is 9.84 Å². The smallest absolute Gasteiger partial charge is 0.264 e. The number of likely N-dealkylation sites (tertiary alicyclic amines) is 1. The van der Waals surface area contributed by atoms with Gasteiger partial charge in [0, 0.05) is 150 Å². The largest absolute Gasteiger partial charge is 0.381 e. The van der Waals surface area contributed by atoms with E-state index in [0.29, 0.717) is 125 Å². The average Bonchev–Trinajstić information content (AvgIpc) is 4.13. The van der Waals surface area contributed by atoms with Gasteiger partial charge in [-0.25, -0.2) is 8.78 Å². The molecule has 384 valence electrons. The van der Waals surface area contributed by atoms with Gasteiger partial charge in [-0.3, -0.25) is 38.5 Å². The minimum absolute atomic E-state index is 0.0108. The monoisotopic (exact) mass is 1000 g/mol. The molecule has 2 fully saturated rings. The number of hydrogen-bond acceptors (Lipinski definition) is 11. The molecule has 2 saturated heterocycles.